The summed E-state index contributed by atoms with van der Waals surface area (Å²) in [5.41, 5.74) is 2.33. The molecule has 0 saturated carbocycles. The van der Waals surface area contributed by atoms with Crippen LogP contribution in [0.4, 0.5) is 0 Å². The molecule has 1 atom stereocenters. The van der Waals surface area contributed by atoms with Crippen molar-refractivity contribution < 1.29 is 14.3 Å². The van der Waals surface area contributed by atoms with E-state index in [0.717, 1.165) is 24.8 Å². The number of piperidine rings is 1. The minimum atomic E-state index is -0.115. The van der Waals surface area contributed by atoms with Crippen LogP contribution in [0.5, 0.6) is 0 Å². The van der Waals surface area contributed by atoms with Crippen LogP contribution in [0, 0.1) is 11.1 Å². The molecule has 1 fully saturated rings. The molecule has 0 bridgehead atoms. The van der Waals surface area contributed by atoms with Crippen molar-refractivity contribution in [2.24, 2.45) is 5.92 Å². The van der Waals surface area contributed by atoms with Gasteiger partial charge in [0, 0.05) is 37.6 Å². The number of rotatable bonds is 6. The van der Waals surface area contributed by atoms with Crippen LogP contribution in [0.3, 0.4) is 0 Å². The number of carbonyl (C=O) groups is 2. The zero-order valence-electron chi connectivity index (χ0n) is 18.1. The lowest BCUT2D eigenvalue weighted by Crippen LogP contribution is -2.48. The second-order valence-corrected chi connectivity index (χ2v) is 9.05. The topological polar surface area (TPSA) is 67.6 Å². The Labute approximate surface area is 192 Å². The van der Waals surface area contributed by atoms with E-state index in [4.69, 9.17) is 0 Å². The van der Waals surface area contributed by atoms with E-state index in [1.807, 2.05) is 51.9 Å². The van der Waals surface area contributed by atoms with Gasteiger partial charge in [-0.25, -0.2) is 0 Å². The van der Waals surface area contributed by atoms with Crippen molar-refractivity contribution in [3.05, 3.63) is 93.6 Å². The smallest absolute Gasteiger partial charge is 0.259 e. The normalized spacial score (nSPS) is 15.3. The van der Waals surface area contributed by atoms with Crippen LogP contribution in [0.25, 0.3) is 0 Å². The van der Waals surface area contributed by atoms with Gasteiger partial charge in [0.05, 0.1) is 5.56 Å². The van der Waals surface area contributed by atoms with Crippen LogP contribution in [0.1, 0.15) is 39.1 Å². The third-order valence-electron chi connectivity index (χ3n) is 6.27. The van der Waals surface area contributed by atoms with Gasteiger partial charge in [0.1, 0.15) is 5.56 Å². The number of hydrogen-bond acceptors (Lipinski definition) is 4. The van der Waals surface area contributed by atoms with E-state index >= 15 is 0 Å². The quantitative estimate of drug-likeness (QED) is 0.426. The standard InChI is InChI=1S/C25H27N3O3S/c1-26(24(29)22-11-15-32-18-22)23(16-19-6-3-2-4-7-19)20-9-13-27(14-10-20)25(30)21-8-5-12-28(31)17-21/h2-8,11-12,15,17-18,20,23H,9-10,13-14,16H2,1H3/t23-/m0/s1. The van der Waals surface area contributed by atoms with Gasteiger partial charge in [-0.05, 0) is 48.3 Å². The molecule has 0 spiro atoms. The molecule has 2 amide bonds. The zero-order chi connectivity index (χ0) is 22.5. The van der Waals surface area contributed by atoms with Crippen molar-refractivity contribution in [3.63, 3.8) is 0 Å². The fourth-order valence-electron chi connectivity index (χ4n) is 4.47. The first kappa shape index (κ1) is 22.0. The number of carbonyl (C=O) groups excluding carboxylic acids is 2. The second kappa shape index (κ2) is 9.96. The van der Waals surface area contributed by atoms with Gasteiger partial charge in [-0.3, -0.25) is 9.59 Å². The Morgan fingerprint density at radius 1 is 1.12 bits per heavy atom. The fourth-order valence-corrected chi connectivity index (χ4v) is 5.10. The maximum absolute atomic E-state index is 13.1. The lowest BCUT2D eigenvalue weighted by atomic mass is 9.84. The molecule has 1 aliphatic heterocycles. The summed E-state index contributed by atoms with van der Waals surface area (Å²) in [6.07, 6.45) is 5.10. The number of hydrogen-bond donors (Lipinski definition) is 0. The molecule has 32 heavy (non-hydrogen) atoms. The van der Waals surface area contributed by atoms with Crippen LogP contribution in [0.2, 0.25) is 0 Å². The van der Waals surface area contributed by atoms with E-state index < -0.39 is 0 Å². The third-order valence-corrected chi connectivity index (χ3v) is 6.95. The Hall–Kier alpha value is -3.19. The largest absolute Gasteiger partial charge is 0.619 e. The van der Waals surface area contributed by atoms with E-state index in [1.54, 1.807) is 12.1 Å². The number of likely N-dealkylation sites (N-methyl/N-ethyl adjacent to an activating group) is 1. The molecule has 1 aromatic carbocycles. The average Bonchev–Trinajstić information content (AvgIpc) is 3.37. The SMILES string of the molecule is CN(C(=O)c1ccsc1)[C@@H](Cc1ccccc1)C1CCN(C(=O)c2ccc[n+]([O-])c2)CC1. The van der Waals surface area contributed by atoms with E-state index in [0.29, 0.717) is 23.4 Å². The molecule has 1 aliphatic rings. The minimum absolute atomic E-state index is 0.0370. The highest BCUT2D eigenvalue weighted by Gasteiger charge is 2.33. The summed E-state index contributed by atoms with van der Waals surface area (Å²) in [4.78, 5) is 29.6. The van der Waals surface area contributed by atoms with Crippen molar-refractivity contribution in [1.29, 1.82) is 0 Å². The Kier molecular flexibility index (Phi) is 6.85. The average molecular weight is 450 g/mol. The maximum atomic E-state index is 13.1. The highest BCUT2D eigenvalue weighted by atomic mass is 32.1. The molecular weight excluding hydrogens is 422 g/mol. The Morgan fingerprint density at radius 3 is 2.53 bits per heavy atom. The molecule has 2 aromatic heterocycles. The molecule has 0 N–H and O–H groups in total. The number of thiophene rings is 1. The summed E-state index contributed by atoms with van der Waals surface area (Å²) >= 11 is 1.52. The van der Waals surface area contributed by atoms with Crippen molar-refractivity contribution in [3.8, 4) is 0 Å². The molecule has 0 unspecified atom stereocenters. The van der Waals surface area contributed by atoms with Gasteiger partial charge >= 0.3 is 0 Å². The first-order chi connectivity index (χ1) is 15.5. The Bertz CT molecular complexity index is 1050. The van der Waals surface area contributed by atoms with Crippen LogP contribution in [0.15, 0.2) is 71.7 Å². The van der Waals surface area contributed by atoms with Gasteiger partial charge in [0.15, 0.2) is 12.4 Å². The third kappa shape index (κ3) is 4.99. The molecule has 0 radical (unpaired) electrons. The monoisotopic (exact) mass is 449 g/mol. The van der Waals surface area contributed by atoms with E-state index in [9.17, 15) is 14.8 Å². The van der Waals surface area contributed by atoms with Crippen LogP contribution < -0.4 is 4.73 Å². The minimum Gasteiger partial charge on any atom is -0.619 e. The van der Waals surface area contributed by atoms with Gasteiger partial charge in [0.25, 0.3) is 11.8 Å². The van der Waals surface area contributed by atoms with Gasteiger partial charge in [-0.15, -0.1) is 0 Å². The summed E-state index contributed by atoms with van der Waals surface area (Å²) in [5, 5.41) is 15.4. The highest BCUT2D eigenvalue weighted by molar-refractivity contribution is 7.08. The number of pyridine rings is 1. The number of aromatic nitrogens is 1. The summed E-state index contributed by atoms with van der Waals surface area (Å²) < 4.78 is 0.654. The molecule has 7 heteroatoms. The molecule has 3 heterocycles. The van der Waals surface area contributed by atoms with Gasteiger partial charge < -0.3 is 15.0 Å². The van der Waals surface area contributed by atoms with Crippen LogP contribution in [-0.4, -0.2) is 47.8 Å². The summed E-state index contributed by atoms with van der Waals surface area (Å²) in [6, 6.07) is 15.4. The summed E-state index contributed by atoms with van der Waals surface area (Å²) in [7, 11) is 1.89. The van der Waals surface area contributed by atoms with Crippen LogP contribution in [-0.2, 0) is 6.42 Å². The summed E-state index contributed by atoms with van der Waals surface area (Å²) in [6.45, 7) is 1.23. The van der Waals surface area contributed by atoms with Crippen molar-refractivity contribution in [1.82, 2.24) is 9.80 Å². The predicted molar refractivity (Wildman–Crippen MR) is 124 cm³/mol. The maximum Gasteiger partial charge on any atom is 0.259 e. The highest BCUT2D eigenvalue weighted by Crippen LogP contribution is 2.28. The number of nitrogens with zero attached hydrogens (tertiary/aromatic N) is 3. The van der Waals surface area contributed by atoms with Gasteiger partial charge in [0.2, 0.25) is 0 Å². The van der Waals surface area contributed by atoms with Crippen molar-refractivity contribution in [2.45, 2.75) is 25.3 Å². The molecule has 0 aliphatic carbocycles. The molecule has 4 rings (SSSR count). The molecule has 3 aromatic rings. The van der Waals surface area contributed by atoms with E-state index in [1.165, 1.54) is 29.3 Å². The second-order valence-electron chi connectivity index (χ2n) is 8.27. The summed E-state index contributed by atoms with van der Waals surface area (Å²) in [5.74, 6) is 0.206. The fraction of sp³-hybridized carbons (Fsp3) is 0.320. The molecule has 6 nitrogen and oxygen atoms in total. The number of likely N-dealkylation sites (tertiary alicyclic amines) is 1. The van der Waals surface area contributed by atoms with E-state index in [2.05, 4.69) is 12.1 Å². The molecular formula is C25H27N3O3S. The Balaban J connectivity index is 1.48. The van der Waals surface area contributed by atoms with Crippen LogP contribution >= 0.6 is 11.3 Å². The van der Waals surface area contributed by atoms with Crippen molar-refractivity contribution >= 4 is 23.2 Å². The van der Waals surface area contributed by atoms with Gasteiger partial charge in [-0.2, -0.15) is 16.1 Å². The number of benzene rings is 1. The van der Waals surface area contributed by atoms with Crippen molar-refractivity contribution in [2.75, 3.05) is 20.1 Å². The zero-order valence-corrected chi connectivity index (χ0v) is 18.9. The number of amides is 2. The lowest BCUT2D eigenvalue weighted by molar-refractivity contribution is -0.605. The van der Waals surface area contributed by atoms with Gasteiger partial charge in [-0.1, -0.05) is 30.3 Å². The first-order valence-electron chi connectivity index (χ1n) is 10.8. The first-order valence-corrected chi connectivity index (χ1v) is 11.8. The lowest BCUT2D eigenvalue weighted by Gasteiger charge is -2.40. The molecule has 166 valence electrons. The predicted octanol–water partition coefficient (Wildman–Crippen LogP) is 3.62. The van der Waals surface area contributed by atoms with E-state index in [-0.39, 0.29) is 23.8 Å². The Morgan fingerprint density at radius 2 is 1.88 bits per heavy atom. The molecule has 1 saturated heterocycles.